The fraction of sp³-hybridized carbons (Fsp3) is 0.103. The molecule has 40 heavy (non-hydrogen) atoms. The van der Waals surface area contributed by atoms with Crippen LogP contribution >= 0.6 is 23.4 Å². The van der Waals surface area contributed by atoms with E-state index in [0.29, 0.717) is 39.2 Å². The Hall–Kier alpha value is -4.54. The van der Waals surface area contributed by atoms with Gasteiger partial charge in [0.25, 0.3) is 10.9 Å². The molecule has 0 radical (unpaired) electrons. The number of fused-ring (bicyclic) bond motifs is 4. The summed E-state index contributed by atoms with van der Waals surface area (Å²) in [4.78, 5) is 24.0. The van der Waals surface area contributed by atoms with E-state index in [4.69, 9.17) is 25.9 Å². The molecule has 1 aromatic heterocycles. The van der Waals surface area contributed by atoms with Crippen molar-refractivity contribution < 1.29 is 18.9 Å². The van der Waals surface area contributed by atoms with Crippen LogP contribution in [0.1, 0.15) is 29.3 Å². The second kappa shape index (κ2) is 9.29. The number of hydrazone groups is 1. The molecule has 2 atom stereocenters. The molecule has 4 aromatic rings. The number of nitrogens with one attached hydrogen (secondary N) is 1. The quantitative estimate of drug-likeness (QED) is 0.204. The van der Waals surface area contributed by atoms with E-state index in [1.54, 1.807) is 30.3 Å². The second-order valence-corrected chi connectivity index (χ2v) is 10.9. The van der Waals surface area contributed by atoms with Crippen LogP contribution in [-0.4, -0.2) is 26.7 Å². The average Bonchev–Trinajstić information content (AvgIpc) is 3.68. The lowest BCUT2D eigenvalue weighted by molar-refractivity contribution is -0.384. The number of carbonyl (C=O) groups excluding carboxylic acids is 1. The molecule has 3 aliphatic rings. The number of non-ortho nitro benzene ring substituents is 1. The molecular weight excluding hydrogens is 552 g/mol. The van der Waals surface area contributed by atoms with Gasteiger partial charge in [-0.2, -0.15) is 5.10 Å². The third kappa shape index (κ3) is 4.04. The highest BCUT2D eigenvalue weighted by Gasteiger charge is 2.58. The van der Waals surface area contributed by atoms with Crippen LogP contribution < -0.4 is 10.1 Å². The molecule has 9 nitrogen and oxygen atoms in total. The normalized spacial score (nSPS) is 22.1. The molecule has 1 saturated heterocycles. The molecule has 0 bridgehead atoms. The van der Waals surface area contributed by atoms with Gasteiger partial charge < -0.3 is 9.15 Å². The van der Waals surface area contributed by atoms with Crippen LogP contribution in [-0.2, 0) is 0 Å². The number of hydrogen-bond acceptors (Lipinski definition) is 8. The number of nitro groups is 1. The molecule has 198 valence electrons. The lowest BCUT2D eigenvalue weighted by atomic mass is 9.96. The van der Waals surface area contributed by atoms with Gasteiger partial charge in [-0.05, 0) is 65.9 Å². The third-order valence-corrected chi connectivity index (χ3v) is 8.17. The van der Waals surface area contributed by atoms with E-state index in [0.717, 1.165) is 28.6 Å². The summed E-state index contributed by atoms with van der Waals surface area (Å²) in [6.07, 6.45) is 2.38. The van der Waals surface area contributed by atoms with Crippen molar-refractivity contribution in [3.63, 3.8) is 0 Å². The molecule has 0 aliphatic carbocycles. The van der Waals surface area contributed by atoms with E-state index in [2.05, 4.69) is 5.32 Å². The Kier molecular flexibility index (Phi) is 5.69. The van der Waals surface area contributed by atoms with Gasteiger partial charge in [0.15, 0.2) is 0 Å². The van der Waals surface area contributed by atoms with Crippen LogP contribution in [0.15, 0.2) is 99.4 Å². The number of ether oxygens (including phenoxy) is 1. The summed E-state index contributed by atoms with van der Waals surface area (Å²) in [5.41, 5.74) is 3.46. The van der Waals surface area contributed by atoms with E-state index in [-0.39, 0.29) is 17.0 Å². The Bertz CT molecular complexity index is 1730. The van der Waals surface area contributed by atoms with Crippen LogP contribution in [0.2, 0.25) is 5.02 Å². The molecule has 4 heterocycles. The predicted octanol–water partition coefficient (Wildman–Crippen LogP) is 7.20. The topological polar surface area (TPSA) is 110 Å². The van der Waals surface area contributed by atoms with Crippen LogP contribution in [0.3, 0.4) is 0 Å². The zero-order chi connectivity index (χ0) is 27.4. The first-order valence-electron chi connectivity index (χ1n) is 12.4. The smallest absolute Gasteiger partial charge is 0.314 e. The lowest BCUT2D eigenvalue weighted by Gasteiger charge is -2.44. The van der Waals surface area contributed by atoms with E-state index in [1.807, 2.05) is 53.5 Å². The van der Waals surface area contributed by atoms with Gasteiger partial charge in [0, 0.05) is 34.7 Å². The molecule has 1 amide bonds. The minimum Gasteiger partial charge on any atom is -0.457 e. The molecule has 2 unspecified atom stereocenters. The zero-order valence-corrected chi connectivity index (χ0v) is 22.2. The number of halogens is 1. The van der Waals surface area contributed by atoms with Gasteiger partial charge in [-0.3, -0.25) is 20.2 Å². The molecule has 1 N–H and O–H groups in total. The van der Waals surface area contributed by atoms with Crippen molar-refractivity contribution in [2.75, 3.05) is 0 Å². The van der Waals surface area contributed by atoms with Gasteiger partial charge in [0.2, 0.25) is 0 Å². The average molecular weight is 571 g/mol. The highest BCUT2D eigenvalue weighted by molar-refractivity contribution is 8.17. The van der Waals surface area contributed by atoms with Crippen molar-refractivity contribution in [1.29, 1.82) is 0 Å². The Balaban J connectivity index is 1.29. The Morgan fingerprint density at radius 3 is 2.58 bits per heavy atom. The molecule has 1 fully saturated rings. The van der Waals surface area contributed by atoms with Crippen molar-refractivity contribution in [3.05, 3.63) is 122 Å². The minimum absolute atomic E-state index is 0.0000444. The number of para-hydroxylation sites is 1. The number of nitrogens with zero attached hydrogens (tertiary/aromatic N) is 3. The SMILES string of the molecule is O=C1NC2(Oc3ccccc3C3CC(c4ccc(Cl)cc4)=NN32)C(=Cc2ccc(-c3ccc([N+](=O)[O-])cc3)o2)S1. The van der Waals surface area contributed by atoms with E-state index < -0.39 is 10.8 Å². The molecule has 11 heteroatoms. The Labute approximate surface area is 237 Å². The van der Waals surface area contributed by atoms with Crippen molar-refractivity contribution in [2.45, 2.75) is 18.3 Å². The minimum atomic E-state index is -1.37. The lowest BCUT2D eigenvalue weighted by Crippen LogP contribution is -2.61. The van der Waals surface area contributed by atoms with Crippen molar-refractivity contribution in [3.8, 4) is 17.1 Å². The maximum absolute atomic E-state index is 12.9. The first kappa shape index (κ1) is 24.5. The number of amides is 1. The summed E-state index contributed by atoms with van der Waals surface area (Å²) in [7, 11) is 0. The van der Waals surface area contributed by atoms with Gasteiger partial charge in [0.1, 0.15) is 17.3 Å². The van der Waals surface area contributed by atoms with E-state index >= 15 is 0 Å². The van der Waals surface area contributed by atoms with Gasteiger partial charge >= 0.3 is 5.85 Å². The van der Waals surface area contributed by atoms with Crippen LogP contribution in [0.4, 0.5) is 10.5 Å². The number of carbonyl (C=O) groups is 1. The van der Waals surface area contributed by atoms with Gasteiger partial charge in [-0.1, -0.05) is 41.9 Å². The molecular formula is C29H19ClN4O5S. The largest absolute Gasteiger partial charge is 0.457 e. The highest BCUT2D eigenvalue weighted by Crippen LogP contribution is 2.52. The highest BCUT2D eigenvalue weighted by atomic mass is 35.5. The number of nitro benzene ring substituents is 1. The summed E-state index contributed by atoms with van der Waals surface area (Å²) in [5, 5.41) is 21.2. The molecule has 3 aromatic carbocycles. The summed E-state index contributed by atoms with van der Waals surface area (Å²) in [6.45, 7) is 0. The fourth-order valence-corrected chi connectivity index (χ4v) is 6.16. The van der Waals surface area contributed by atoms with E-state index in [9.17, 15) is 14.9 Å². The Morgan fingerprint density at radius 2 is 1.80 bits per heavy atom. The van der Waals surface area contributed by atoms with Gasteiger partial charge in [0.05, 0.1) is 21.6 Å². The van der Waals surface area contributed by atoms with E-state index in [1.165, 1.54) is 12.1 Å². The number of furan rings is 1. The predicted molar refractivity (Wildman–Crippen MR) is 152 cm³/mol. The Morgan fingerprint density at radius 1 is 1.05 bits per heavy atom. The maximum atomic E-state index is 12.9. The van der Waals surface area contributed by atoms with Crippen molar-refractivity contribution in [2.24, 2.45) is 5.10 Å². The third-order valence-electron chi connectivity index (χ3n) is 7.02. The molecule has 3 aliphatic heterocycles. The van der Waals surface area contributed by atoms with Crippen molar-refractivity contribution >= 4 is 46.1 Å². The first-order chi connectivity index (χ1) is 19.4. The van der Waals surface area contributed by atoms with Crippen LogP contribution in [0, 0.1) is 10.1 Å². The monoisotopic (exact) mass is 570 g/mol. The number of rotatable bonds is 4. The van der Waals surface area contributed by atoms with Gasteiger partial charge in [-0.25, -0.2) is 5.01 Å². The molecule has 7 rings (SSSR count). The number of thioether (sulfide) groups is 1. The van der Waals surface area contributed by atoms with Crippen molar-refractivity contribution in [1.82, 2.24) is 10.3 Å². The number of benzene rings is 3. The standard InChI is InChI=1S/C29H19ClN4O5S/c30-19-9-5-17(6-10-19)23-16-24-22-3-1-2-4-26(22)39-29(33(24)32-23)27(40-28(35)31-29)15-21-13-14-25(38-21)18-7-11-20(12-8-18)34(36)37/h1-15,24H,16H2,(H,31,35). The first-order valence-corrected chi connectivity index (χ1v) is 13.6. The van der Waals surface area contributed by atoms with Gasteiger partial charge in [-0.15, -0.1) is 0 Å². The molecule has 0 saturated carbocycles. The summed E-state index contributed by atoms with van der Waals surface area (Å²) in [5.74, 6) is 0.327. The maximum Gasteiger partial charge on any atom is 0.314 e. The summed E-state index contributed by atoms with van der Waals surface area (Å²) >= 11 is 7.14. The summed E-state index contributed by atoms with van der Waals surface area (Å²) < 4.78 is 12.6. The second-order valence-electron chi connectivity index (χ2n) is 9.43. The molecule has 1 spiro atoms. The number of hydrogen-bond donors (Lipinski definition) is 1. The fourth-order valence-electron chi connectivity index (χ4n) is 5.14. The van der Waals surface area contributed by atoms with Crippen LogP contribution in [0.25, 0.3) is 17.4 Å². The van der Waals surface area contributed by atoms with Crippen LogP contribution in [0.5, 0.6) is 5.75 Å². The zero-order valence-electron chi connectivity index (χ0n) is 20.6. The summed E-state index contributed by atoms with van der Waals surface area (Å²) in [6, 6.07) is 24.8.